The highest BCUT2D eigenvalue weighted by atomic mass is 16.3. The molecule has 0 bridgehead atoms. The third-order valence-electron chi connectivity index (χ3n) is 6.79. The van der Waals surface area contributed by atoms with Gasteiger partial charge in [-0.15, -0.1) is 0 Å². The molecule has 2 N–H and O–H groups in total. The molecule has 154 valence electrons. The number of carbonyl (C=O) groups is 1. The van der Waals surface area contributed by atoms with Crippen molar-refractivity contribution in [2.24, 2.45) is 0 Å². The number of nitriles is 1. The van der Waals surface area contributed by atoms with Gasteiger partial charge in [-0.25, -0.2) is 0 Å². The number of H-pyrrole nitrogens is 1. The van der Waals surface area contributed by atoms with Crippen LogP contribution in [0.15, 0.2) is 60.3 Å². The molecule has 1 aliphatic heterocycles. The standard InChI is InChI=1S/C26H23N3O2/c1-4-29-21-8-6-5-7-19(21)26(2,3)22(29)12-17-24(30)23(25(17)31)18-14-28-20-10-9-15(13-27)11-16(18)20/h5-12,14,23-24,30H,4H2,1-3H3/p+1. The Morgan fingerprint density at radius 3 is 2.74 bits per heavy atom. The number of ketones is 1. The first kappa shape index (κ1) is 19.5. The van der Waals surface area contributed by atoms with Crippen LogP contribution in [0.4, 0.5) is 5.69 Å². The number of hydrogen-bond donors (Lipinski definition) is 2. The lowest BCUT2D eigenvalue weighted by Crippen LogP contribution is -2.44. The summed E-state index contributed by atoms with van der Waals surface area (Å²) in [4.78, 5) is 16.3. The number of aliphatic hydroxyl groups excluding tert-OH is 1. The summed E-state index contributed by atoms with van der Waals surface area (Å²) in [5.74, 6) is -0.678. The van der Waals surface area contributed by atoms with Crippen LogP contribution in [0.5, 0.6) is 0 Å². The number of nitrogens with one attached hydrogen (secondary N) is 1. The molecule has 5 rings (SSSR count). The summed E-state index contributed by atoms with van der Waals surface area (Å²) in [5, 5.41) is 21.0. The Balaban J connectivity index is 1.55. The van der Waals surface area contributed by atoms with Crippen molar-refractivity contribution in [1.29, 1.82) is 5.26 Å². The molecule has 2 atom stereocenters. The van der Waals surface area contributed by atoms with E-state index in [1.807, 2.05) is 24.3 Å². The molecule has 2 unspecified atom stereocenters. The van der Waals surface area contributed by atoms with Crippen LogP contribution in [-0.2, 0) is 10.2 Å². The first-order chi connectivity index (χ1) is 14.9. The number of allylic oxidation sites excluding steroid dienone is 1. The number of aromatic amines is 1. The highest BCUT2D eigenvalue weighted by Gasteiger charge is 2.50. The quantitative estimate of drug-likeness (QED) is 0.504. The Labute approximate surface area is 181 Å². The summed E-state index contributed by atoms with van der Waals surface area (Å²) >= 11 is 0. The number of fused-ring (bicyclic) bond motifs is 2. The summed E-state index contributed by atoms with van der Waals surface area (Å²) in [6, 6.07) is 15.8. The van der Waals surface area contributed by atoms with E-state index in [0.717, 1.165) is 34.4 Å². The molecular weight excluding hydrogens is 386 g/mol. The Bertz CT molecular complexity index is 1350. The van der Waals surface area contributed by atoms with Crippen LogP contribution in [0, 0.1) is 11.3 Å². The van der Waals surface area contributed by atoms with Crippen molar-refractivity contribution in [2.75, 3.05) is 6.54 Å². The fourth-order valence-electron chi connectivity index (χ4n) is 5.08. The molecule has 5 nitrogen and oxygen atoms in total. The molecule has 0 radical (unpaired) electrons. The molecular formula is C26H24N3O2+. The minimum Gasteiger partial charge on any atom is -0.387 e. The van der Waals surface area contributed by atoms with Crippen molar-refractivity contribution < 1.29 is 14.5 Å². The van der Waals surface area contributed by atoms with Crippen LogP contribution in [0.25, 0.3) is 10.9 Å². The molecule has 2 heterocycles. The zero-order valence-corrected chi connectivity index (χ0v) is 17.8. The van der Waals surface area contributed by atoms with E-state index in [1.54, 1.807) is 18.3 Å². The van der Waals surface area contributed by atoms with Gasteiger partial charge in [-0.05, 0) is 44.5 Å². The summed E-state index contributed by atoms with van der Waals surface area (Å²) in [6.07, 6.45) is 2.79. The van der Waals surface area contributed by atoms with E-state index in [0.29, 0.717) is 11.1 Å². The first-order valence-corrected chi connectivity index (χ1v) is 10.6. The van der Waals surface area contributed by atoms with E-state index in [-0.39, 0.29) is 11.2 Å². The van der Waals surface area contributed by atoms with E-state index >= 15 is 0 Å². The van der Waals surface area contributed by atoms with Gasteiger partial charge >= 0.3 is 0 Å². The van der Waals surface area contributed by atoms with Crippen molar-refractivity contribution in [3.05, 3.63) is 77.0 Å². The number of benzene rings is 2. The number of aromatic nitrogens is 1. The topological polar surface area (TPSA) is 79.9 Å². The summed E-state index contributed by atoms with van der Waals surface area (Å²) in [6.45, 7) is 7.19. The maximum atomic E-state index is 13.2. The fourth-order valence-corrected chi connectivity index (χ4v) is 5.08. The van der Waals surface area contributed by atoms with Gasteiger partial charge in [0.05, 0.1) is 29.1 Å². The van der Waals surface area contributed by atoms with Gasteiger partial charge in [-0.1, -0.05) is 18.2 Å². The number of nitrogens with zero attached hydrogens (tertiary/aromatic N) is 2. The normalized spacial score (nSPS) is 23.2. The Hall–Kier alpha value is -3.49. The average Bonchev–Trinajstić information content (AvgIpc) is 3.28. The van der Waals surface area contributed by atoms with E-state index in [9.17, 15) is 15.2 Å². The second-order valence-corrected chi connectivity index (χ2v) is 8.77. The molecule has 3 aromatic rings. The number of aliphatic hydroxyl groups is 1. The van der Waals surface area contributed by atoms with Gasteiger partial charge in [-0.3, -0.25) is 4.79 Å². The highest BCUT2D eigenvalue weighted by molar-refractivity contribution is 6.16. The predicted molar refractivity (Wildman–Crippen MR) is 120 cm³/mol. The van der Waals surface area contributed by atoms with Gasteiger partial charge in [0, 0.05) is 40.4 Å². The summed E-state index contributed by atoms with van der Waals surface area (Å²) in [5.41, 5.74) is 5.73. The van der Waals surface area contributed by atoms with Crippen LogP contribution in [-0.4, -0.2) is 38.8 Å². The minimum absolute atomic E-state index is 0.0638. The zero-order chi connectivity index (χ0) is 21.9. The molecule has 0 amide bonds. The van der Waals surface area contributed by atoms with E-state index < -0.39 is 12.0 Å². The Morgan fingerprint density at radius 1 is 1.26 bits per heavy atom. The fraction of sp³-hybridized carbons (Fsp3) is 0.269. The SMILES string of the molecule is CC[N+]1=C(C=C2C(=O)C(c3c[nH]c4ccc(C#N)cc34)C2O)C(C)(C)c2ccccc21. The molecule has 2 aromatic carbocycles. The smallest absolute Gasteiger partial charge is 0.209 e. The summed E-state index contributed by atoms with van der Waals surface area (Å²) < 4.78 is 2.22. The average molecular weight is 410 g/mol. The van der Waals surface area contributed by atoms with Crippen LogP contribution >= 0.6 is 0 Å². The number of para-hydroxylation sites is 1. The van der Waals surface area contributed by atoms with Crippen molar-refractivity contribution in [2.45, 2.75) is 38.2 Å². The molecule has 1 saturated carbocycles. The third-order valence-corrected chi connectivity index (χ3v) is 6.79. The monoisotopic (exact) mass is 410 g/mol. The lowest BCUT2D eigenvalue weighted by Gasteiger charge is -2.34. The molecule has 0 saturated heterocycles. The van der Waals surface area contributed by atoms with Crippen LogP contribution in [0.1, 0.15) is 43.4 Å². The largest absolute Gasteiger partial charge is 0.387 e. The number of hydrogen-bond acceptors (Lipinski definition) is 3. The van der Waals surface area contributed by atoms with Gasteiger partial charge in [0.15, 0.2) is 11.5 Å². The third kappa shape index (κ3) is 2.65. The second-order valence-electron chi connectivity index (χ2n) is 8.77. The highest BCUT2D eigenvalue weighted by Crippen LogP contribution is 2.44. The molecule has 2 aliphatic rings. The molecule has 1 fully saturated rings. The van der Waals surface area contributed by atoms with Crippen LogP contribution in [0.3, 0.4) is 0 Å². The maximum absolute atomic E-state index is 13.2. The predicted octanol–water partition coefficient (Wildman–Crippen LogP) is 4.09. The zero-order valence-electron chi connectivity index (χ0n) is 17.8. The molecule has 0 spiro atoms. The van der Waals surface area contributed by atoms with Crippen molar-refractivity contribution in [3.63, 3.8) is 0 Å². The first-order valence-electron chi connectivity index (χ1n) is 10.6. The lowest BCUT2D eigenvalue weighted by atomic mass is 9.69. The van der Waals surface area contributed by atoms with Gasteiger partial charge < -0.3 is 10.1 Å². The lowest BCUT2D eigenvalue weighted by molar-refractivity contribution is -0.433. The van der Waals surface area contributed by atoms with Crippen LogP contribution in [0.2, 0.25) is 0 Å². The van der Waals surface area contributed by atoms with E-state index in [1.165, 1.54) is 5.56 Å². The van der Waals surface area contributed by atoms with Crippen molar-refractivity contribution in [3.8, 4) is 6.07 Å². The number of Topliss-reactive ketones (excluding diaryl/α,β-unsaturated/α-hetero) is 1. The number of rotatable bonds is 3. The van der Waals surface area contributed by atoms with E-state index in [4.69, 9.17) is 0 Å². The van der Waals surface area contributed by atoms with Crippen LogP contribution < -0.4 is 0 Å². The minimum atomic E-state index is -0.872. The van der Waals surface area contributed by atoms with Gasteiger partial charge in [0.2, 0.25) is 5.69 Å². The van der Waals surface area contributed by atoms with Crippen molar-refractivity contribution >= 4 is 28.1 Å². The summed E-state index contributed by atoms with van der Waals surface area (Å²) in [7, 11) is 0. The van der Waals surface area contributed by atoms with Crippen molar-refractivity contribution in [1.82, 2.24) is 4.98 Å². The van der Waals surface area contributed by atoms with Gasteiger partial charge in [0.1, 0.15) is 6.54 Å². The van der Waals surface area contributed by atoms with Gasteiger partial charge in [-0.2, -0.15) is 9.84 Å². The molecule has 31 heavy (non-hydrogen) atoms. The maximum Gasteiger partial charge on any atom is 0.209 e. The molecule has 1 aromatic heterocycles. The van der Waals surface area contributed by atoms with E-state index in [2.05, 4.69) is 48.5 Å². The molecule has 1 aliphatic carbocycles. The Kier molecular flexibility index (Phi) is 4.25. The molecule has 5 heteroatoms. The second kappa shape index (κ2) is 6.76. The Morgan fingerprint density at radius 2 is 2.03 bits per heavy atom. The number of carbonyl (C=O) groups excluding carboxylic acids is 1. The van der Waals surface area contributed by atoms with Gasteiger partial charge in [0.25, 0.3) is 0 Å².